The van der Waals surface area contributed by atoms with E-state index in [4.69, 9.17) is 16.3 Å². The highest BCUT2D eigenvalue weighted by Crippen LogP contribution is 2.20. The number of benzene rings is 1. The van der Waals surface area contributed by atoms with Crippen molar-refractivity contribution in [2.75, 3.05) is 31.7 Å². The van der Waals surface area contributed by atoms with Crippen molar-refractivity contribution >= 4 is 29.3 Å². The fourth-order valence-electron chi connectivity index (χ4n) is 1.89. The van der Waals surface area contributed by atoms with Gasteiger partial charge in [0.2, 0.25) is 0 Å². The molecule has 0 spiro atoms. The van der Waals surface area contributed by atoms with Gasteiger partial charge < -0.3 is 19.7 Å². The van der Waals surface area contributed by atoms with Gasteiger partial charge in [0.1, 0.15) is 6.61 Å². The van der Waals surface area contributed by atoms with Crippen molar-refractivity contribution in [3.8, 4) is 0 Å². The van der Waals surface area contributed by atoms with Crippen LogP contribution in [-0.2, 0) is 14.3 Å². The Hall–Kier alpha value is -1.79. The number of rotatable bonds is 3. The van der Waals surface area contributed by atoms with Crippen LogP contribution in [0.25, 0.3) is 0 Å². The van der Waals surface area contributed by atoms with E-state index in [0.29, 0.717) is 11.6 Å². The van der Waals surface area contributed by atoms with E-state index in [-0.39, 0.29) is 25.2 Å². The maximum atomic E-state index is 11.9. The Morgan fingerprint density at radius 3 is 2.85 bits per heavy atom. The van der Waals surface area contributed by atoms with Crippen LogP contribution in [0, 0.1) is 0 Å². The van der Waals surface area contributed by atoms with Gasteiger partial charge in [0.05, 0.1) is 19.8 Å². The topological polar surface area (TPSA) is 67.9 Å². The predicted molar refractivity (Wildman–Crippen MR) is 74.0 cm³/mol. The summed E-state index contributed by atoms with van der Waals surface area (Å²) in [6, 6.07) is 7.00. The molecule has 0 aromatic heterocycles. The molecule has 1 aromatic carbocycles. The van der Waals surface area contributed by atoms with E-state index < -0.39 is 6.09 Å². The second-order valence-corrected chi connectivity index (χ2v) is 4.72. The largest absolute Gasteiger partial charge is 0.453 e. The molecule has 0 bridgehead atoms. The first-order valence-electron chi connectivity index (χ1n) is 6.09. The molecule has 1 aliphatic rings. The molecule has 1 saturated heterocycles. The van der Waals surface area contributed by atoms with Crippen molar-refractivity contribution in [1.82, 2.24) is 5.32 Å². The fourth-order valence-corrected chi connectivity index (χ4v) is 2.01. The quantitative estimate of drug-likeness (QED) is 0.916. The Bertz CT molecular complexity index is 492. The Morgan fingerprint density at radius 1 is 1.50 bits per heavy atom. The number of carbonyl (C=O) groups excluding carboxylic acids is 2. The van der Waals surface area contributed by atoms with E-state index in [2.05, 4.69) is 10.1 Å². The third kappa shape index (κ3) is 3.61. The van der Waals surface area contributed by atoms with E-state index in [1.165, 1.54) is 7.11 Å². The molecule has 20 heavy (non-hydrogen) atoms. The number of anilines is 1. The van der Waals surface area contributed by atoms with Gasteiger partial charge in [-0.1, -0.05) is 11.6 Å². The third-order valence-corrected chi connectivity index (χ3v) is 3.18. The highest BCUT2D eigenvalue weighted by atomic mass is 35.5. The van der Waals surface area contributed by atoms with Crippen LogP contribution in [0.2, 0.25) is 5.02 Å². The van der Waals surface area contributed by atoms with Crippen molar-refractivity contribution < 1.29 is 19.1 Å². The Balaban J connectivity index is 1.99. The summed E-state index contributed by atoms with van der Waals surface area (Å²) in [7, 11) is 1.29. The summed E-state index contributed by atoms with van der Waals surface area (Å²) in [5.41, 5.74) is 0.755. The summed E-state index contributed by atoms with van der Waals surface area (Å²) in [4.78, 5) is 24.5. The molecule has 108 valence electrons. The first-order chi connectivity index (χ1) is 9.60. The molecule has 1 atom stereocenters. The molecule has 1 unspecified atom stereocenters. The fraction of sp³-hybridized carbons (Fsp3) is 0.385. The molecule has 7 heteroatoms. The molecule has 1 aliphatic heterocycles. The summed E-state index contributed by atoms with van der Waals surface area (Å²) < 4.78 is 9.86. The van der Waals surface area contributed by atoms with E-state index in [0.717, 1.165) is 5.69 Å². The van der Waals surface area contributed by atoms with Crippen LogP contribution in [0.4, 0.5) is 10.5 Å². The summed E-state index contributed by atoms with van der Waals surface area (Å²) in [5, 5.41) is 3.16. The van der Waals surface area contributed by atoms with Crippen molar-refractivity contribution in [1.29, 1.82) is 0 Å². The average molecular weight is 299 g/mol. The van der Waals surface area contributed by atoms with Crippen LogP contribution in [0.1, 0.15) is 0 Å². The zero-order valence-corrected chi connectivity index (χ0v) is 11.7. The highest BCUT2D eigenvalue weighted by molar-refractivity contribution is 6.30. The molecule has 1 fully saturated rings. The number of hydrogen-bond donors (Lipinski definition) is 1. The molecule has 0 aliphatic carbocycles. The number of methoxy groups -OCH3 is 1. The van der Waals surface area contributed by atoms with E-state index in [1.807, 2.05) is 0 Å². The number of nitrogens with zero attached hydrogens (tertiary/aromatic N) is 1. The minimum Gasteiger partial charge on any atom is -0.453 e. The van der Waals surface area contributed by atoms with Gasteiger partial charge in [-0.05, 0) is 24.3 Å². The number of halogens is 1. The normalized spacial score (nSPS) is 18.8. The smallest absolute Gasteiger partial charge is 0.406 e. The van der Waals surface area contributed by atoms with Crippen molar-refractivity contribution in [2.24, 2.45) is 0 Å². The van der Waals surface area contributed by atoms with Gasteiger partial charge in [0.15, 0.2) is 0 Å². The number of ether oxygens (including phenoxy) is 2. The lowest BCUT2D eigenvalue weighted by molar-refractivity contribution is -0.129. The molecular weight excluding hydrogens is 284 g/mol. The minimum absolute atomic E-state index is 0.0177. The monoisotopic (exact) mass is 298 g/mol. The Morgan fingerprint density at radius 2 is 2.20 bits per heavy atom. The molecular formula is C13H15ClN2O4. The molecule has 0 radical (unpaired) electrons. The SMILES string of the molecule is COC(=O)NCC1CN(c2ccc(Cl)cc2)C(=O)CO1. The number of amides is 2. The van der Waals surface area contributed by atoms with Crippen LogP contribution in [-0.4, -0.2) is 44.9 Å². The van der Waals surface area contributed by atoms with Crippen molar-refractivity contribution in [2.45, 2.75) is 6.10 Å². The Labute approximate surface area is 121 Å². The number of alkyl carbamates (subject to hydrolysis) is 1. The van der Waals surface area contributed by atoms with Gasteiger partial charge in [-0.25, -0.2) is 4.79 Å². The van der Waals surface area contributed by atoms with Crippen LogP contribution in [0.15, 0.2) is 24.3 Å². The lowest BCUT2D eigenvalue weighted by Crippen LogP contribution is -2.50. The number of morpholine rings is 1. The Kier molecular flexibility index (Phi) is 4.81. The van der Waals surface area contributed by atoms with E-state index in [9.17, 15) is 9.59 Å². The maximum Gasteiger partial charge on any atom is 0.406 e. The number of hydrogen-bond acceptors (Lipinski definition) is 4. The molecule has 1 aromatic rings. The van der Waals surface area contributed by atoms with Crippen LogP contribution >= 0.6 is 11.6 Å². The summed E-state index contributed by atoms with van der Waals surface area (Å²) in [6.45, 7) is 0.630. The number of carbonyl (C=O) groups is 2. The third-order valence-electron chi connectivity index (χ3n) is 2.93. The van der Waals surface area contributed by atoms with E-state index >= 15 is 0 Å². The van der Waals surface area contributed by atoms with Crippen molar-refractivity contribution in [3.05, 3.63) is 29.3 Å². The van der Waals surface area contributed by atoms with Crippen molar-refractivity contribution in [3.63, 3.8) is 0 Å². The second-order valence-electron chi connectivity index (χ2n) is 4.29. The van der Waals surface area contributed by atoms with Gasteiger partial charge >= 0.3 is 6.09 Å². The summed E-state index contributed by atoms with van der Waals surface area (Å²) >= 11 is 5.83. The molecule has 1 N–H and O–H groups in total. The first-order valence-corrected chi connectivity index (χ1v) is 6.47. The maximum absolute atomic E-state index is 11.9. The zero-order valence-electron chi connectivity index (χ0n) is 11.0. The summed E-state index contributed by atoms with van der Waals surface area (Å²) in [6.07, 6.45) is -0.800. The van der Waals surface area contributed by atoms with Gasteiger partial charge in [0.25, 0.3) is 5.91 Å². The first kappa shape index (κ1) is 14.6. The lowest BCUT2D eigenvalue weighted by atomic mass is 10.2. The predicted octanol–water partition coefficient (Wildman–Crippen LogP) is 1.43. The molecule has 2 rings (SSSR count). The minimum atomic E-state index is -0.524. The van der Waals surface area contributed by atoms with Crippen LogP contribution in [0.3, 0.4) is 0 Å². The second kappa shape index (κ2) is 6.58. The van der Waals surface area contributed by atoms with Gasteiger partial charge in [0, 0.05) is 17.3 Å². The number of nitrogens with one attached hydrogen (secondary N) is 1. The van der Waals surface area contributed by atoms with E-state index in [1.54, 1.807) is 29.2 Å². The van der Waals surface area contributed by atoms with Gasteiger partial charge in [-0.15, -0.1) is 0 Å². The zero-order chi connectivity index (χ0) is 14.5. The lowest BCUT2D eigenvalue weighted by Gasteiger charge is -2.32. The van der Waals surface area contributed by atoms with Gasteiger partial charge in [-0.2, -0.15) is 0 Å². The molecule has 0 saturated carbocycles. The molecule has 2 amide bonds. The van der Waals surface area contributed by atoms with Crippen LogP contribution in [0.5, 0.6) is 0 Å². The molecule has 6 nitrogen and oxygen atoms in total. The summed E-state index contributed by atoms with van der Waals surface area (Å²) in [5.74, 6) is -0.123. The average Bonchev–Trinajstić information content (AvgIpc) is 2.47. The highest BCUT2D eigenvalue weighted by Gasteiger charge is 2.27. The van der Waals surface area contributed by atoms with Crippen LogP contribution < -0.4 is 10.2 Å². The molecule has 1 heterocycles. The van der Waals surface area contributed by atoms with Gasteiger partial charge in [-0.3, -0.25) is 4.79 Å². The standard InChI is InChI=1S/C13H15ClN2O4/c1-19-13(18)15-6-11-7-16(12(17)8-20-11)10-4-2-9(14)3-5-10/h2-5,11H,6-8H2,1H3,(H,15,18).